The molecule has 0 aromatic heterocycles. The molecule has 0 radical (unpaired) electrons. The Kier molecular flexibility index (Phi) is 6.54. The zero-order chi connectivity index (χ0) is 19.2. The van der Waals surface area contributed by atoms with E-state index in [0.717, 1.165) is 11.1 Å². The first-order valence-corrected chi connectivity index (χ1v) is 8.85. The predicted molar refractivity (Wildman–Crippen MR) is 98.3 cm³/mol. The minimum atomic E-state index is -1.52. The summed E-state index contributed by atoms with van der Waals surface area (Å²) in [6.45, 7) is 0.650. The van der Waals surface area contributed by atoms with Crippen molar-refractivity contribution in [3.05, 3.63) is 71.8 Å². The van der Waals surface area contributed by atoms with E-state index in [1.54, 1.807) is 0 Å². The summed E-state index contributed by atoms with van der Waals surface area (Å²) >= 11 is 0. The first-order chi connectivity index (χ1) is 13.1. The normalized spacial score (nSPS) is 27.9. The van der Waals surface area contributed by atoms with Crippen LogP contribution in [0.25, 0.3) is 0 Å². The molecule has 1 aliphatic heterocycles. The number of amides is 1. The first kappa shape index (κ1) is 19.5. The highest BCUT2D eigenvalue weighted by atomic mass is 16.6. The van der Waals surface area contributed by atoms with Crippen LogP contribution in [0.15, 0.2) is 60.7 Å². The van der Waals surface area contributed by atoms with Crippen LogP contribution in [-0.2, 0) is 22.6 Å². The minimum Gasteiger partial charge on any atom is -0.387 e. The van der Waals surface area contributed by atoms with Crippen LogP contribution in [0, 0.1) is 0 Å². The van der Waals surface area contributed by atoms with Crippen LogP contribution in [0.2, 0.25) is 0 Å². The van der Waals surface area contributed by atoms with Crippen LogP contribution < -0.4 is 10.6 Å². The average Bonchev–Trinajstić information content (AvgIpc) is 2.71. The SMILES string of the molecule is O=C(NCc1ccccc1)[C@H]1O[C@@H](NCc2ccccc2)[C@H](O)[C@@H](O)[C@@H]1O. The Morgan fingerprint density at radius 2 is 1.37 bits per heavy atom. The Morgan fingerprint density at radius 1 is 0.815 bits per heavy atom. The zero-order valence-electron chi connectivity index (χ0n) is 14.7. The van der Waals surface area contributed by atoms with E-state index in [0.29, 0.717) is 6.54 Å². The maximum Gasteiger partial charge on any atom is 0.252 e. The molecular weight excluding hydrogens is 348 g/mol. The lowest BCUT2D eigenvalue weighted by Gasteiger charge is -2.40. The number of ether oxygens (including phenoxy) is 1. The summed E-state index contributed by atoms with van der Waals surface area (Å²) in [5.74, 6) is -0.552. The molecule has 5 N–H and O–H groups in total. The molecule has 0 spiro atoms. The van der Waals surface area contributed by atoms with Crippen LogP contribution in [0.4, 0.5) is 0 Å². The Hall–Kier alpha value is -2.29. The second-order valence-electron chi connectivity index (χ2n) is 6.52. The van der Waals surface area contributed by atoms with Crippen molar-refractivity contribution in [1.82, 2.24) is 10.6 Å². The largest absolute Gasteiger partial charge is 0.387 e. The molecule has 0 bridgehead atoms. The van der Waals surface area contributed by atoms with E-state index >= 15 is 0 Å². The second kappa shape index (κ2) is 9.07. The molecule has 5 atom stereocenters. The number of carbonyl (C=O) groups is 1. The summed E-state index contributed by atoms with van der Waals surface area (Å²) in [6, 6.07) is 18.8. The molecule has 1 aliphatic rings. The van der Waals surface area contributed by atoms with Gasteiger partial charge in [-0.1, -0.05) is 60.7 Å². The third kappa shape index (κ3) is 4.91. The topological polar surface area (TPSA) is 111 Å². The fourth-order valence-electron chi connectivity index (χ4n) is 2.96. The minimum absolute atomic E-state index is 0.271. The van der Waals surface area contributed by atoms with Gasteiger partial charge in [0.1, 0.15) is 24.5 Å². The van der Waals surface area contributed by atoms with E-state index in [1.807, 2.05) is 60.7 Å². The van der Waals surface area contributed by atoms with Crippen molar-refractivity contribution < 1.29 is 24.9 Å². The van der Waals surface area contributed by atoms with Crippen molar-refractivity contribution in [2.24, 2.45) is 0 Å². The summed E-state index contributed by atoms with van der Waals surface area (Å²) in [7, 11) is 0. The molecule has 1 heterocycles. The van der Waals surface area contributed by atoms with Crippen molar-refractivity contribution in [3.8, 4) is 0 Å². The Balaban J connectivity index is 1.60. The van der Waals surface area contributed by atoms with Crippen molar-refractivity contribution in [1.29, 1.82) is 0 Å². The van der Waals surface area contributed by atoms with Gasteiger partial charge in [0.05, 0.1) is 0 Å². The Labute approximate surface area is 157 Å². The maximum absolute atomic E-state index is 12.4. The van der Waals surface area contributed by atoms with Crippen LogP contribution in [0.1, 0.15) is 11.1 Å². The lowest BCUT2D eigenvalue weighted by Crippen LogP contribution is -2.64. The van der Waals surface area contributed by atoms with Gasteiger partial charge in [0.15, 0.2) is 6.10 Å². The van der Waals surface area contributed by atoms with E-state index < -0.39 is 36.6 Å². The summed E-state index contributed by atoms with van der Waals surface area (Å²) < 4.78 is 5.57. The molecule has 2 aromatic rings. The van der Waals surface area contributed by atoms with Crippen molar-refractivity contribution >= 4 is 5.91 Å². The van der Waals surface area contributed by atoms with Gasteiger partial charge in [-0.3, -0.25) is 10.1 Å². The maximum atomic E-state index is 12.4. The Bertz CT molecular complexity index is 728. The van der Waals surface area contributed by atoms with Crippen LogP contribution in [-0.4, -0.2) is 51.9 Å². The molecule has 2 aromatic carbocycles. The second-order valence-corrected chi connectivity index (χ2v) is 6.52. The molecule has 1 fully saturated rings. The van der Waals surface area contributed by atoms with Gasteiger partial charge in [-0.15, -0.1) is 0 Å². The smallest absolute Gasteiger partial charge is 0.252 e. The fourth-order valence-corrected chi connectivity index (χ4v) is 2.96. The molecule has 0 saturated carbocycles. The highest BCUT2D eigenvalue weighted by molar-refractivity contribution is 5.81. The van der Waals surface area contributed by atoms with E-state index in [4.69, 9.17) is 4.74 Å². The lowest BCUT2D eigenvalue weighted by molar-refractivity contribution is -0.227. The van der Waals surface area contributed by atoms with Gasteiger partial charge < -0.3 is 25.4 Å². The summed E-state index contributed by atoms with van der Waals surface area (Å²) in [4.78, 5) is 12.4. The van der Waals surface area contributed by atoms with Gasteiger partial charge in [-0.25, -0.2) is 0 Å². The Morgan fingerprint density at radius 3 is 1.96 bits per heavy atom. The van der Waals surface area contributed by atoms with Crippen LogP contribution >= 0.6 is 0 Å². The van der Waals surface area contributed by atoms with Gasteiger partial charge >= 0.3 is 0 Å². The van der Waals surface area contributed by atoms with E-state index in [1.165, 1.54) is 0 Å². The molecule has 7 nitrogen and oxygen atoms in total. The number of benzene rings is 2. The highest BCUT2D eigenvalue weighted by Crippen LogP contribution is 2.20. The first-order valence-electron chi connectivity index (χ1n) is 8.85. The summed E-state index contributed by atoms with van der Waals surface area (Å²) in [5, 5.41) is 36.1. The molecular formula is C20H24N2O5. The molecule has 0 aliphatic carbocycles. The fraction of sp³-hybridized carbons (Fsp3) is 0.350. The summed E-state index contributed by atoms with van der Waals surface area (Å²) in [6.07, 6.45) is -6.66. The highest BCUT2D eigenvalue weighted by Gasteiger charge is 2.46. The predicted octanol–water partition coefficient (Wildman–Crippen LogP) is -0.0998. The van der Waals surface area contributed by atoms with Crippen molar-refractivity contribution in [2.45, 2.75) is 43.7 Å². The van der Waals surface area contributed by atoms with Gasteiger partial charge in [-0.05, 0) is 11.1 Å². The number of nitrogens with one attached hydrogen (secondary N) is 2. The van der Waals surface area contributed by atoms with E-state index in [2.05, 4.69) is 10.6 Å². The van der Waals surface area contributed by atoms with E-state index in [-0.39, 0.29) is 6.54 Å². The molecule has 27 heavy (non-hydrogen) atoms. The number of hydrogen-bond donors (Lipinski definition) is 5. The van der Waals surface area contributed by atoms with Crippen LogP contribution in [0.5, 0.6) is 0 Å². The average molecular weight is 372 g/mol. The summed E-state index contributed by atoms with van der Waals surface area (Å²) in [5.41, 5.74) is 1.86. The molecule has 1 amide bonds. The third-order valence-electron chi connectivity index (χ3n) is 4.53. The monoisotopic (exact) mass is 372 g/mol. The van der Waals surface area contributed by atoms with Gasteiger partial charge in [0, 0.05) is 13.1 Å². The van der Waals surface area contributed by atoms with E-state index in [9.17, 15) is 20.1 Å². The van der Waals surface area contributed by atoms with Crippen molar-refractivity contribution in [3.63, 3.8) is 0 Å². The molecule has 144 valence electrons. The number of rotatable bonds is 6. The zero-order valence-corrected chi connectivity index (χ0v) is 14.7. The molecule has 7 heteroatoms. The van der Waals surface area contributed by atoms with Gasteiger partial charge in [-0.2, -0.15) is 0 Å². The van der Waals surface area contributed by atoms with Crippen LogP contribution in [0.3, 0.4) is 0 Å². The third-order valence-corrected chi connectivity index (χ3v) is 4.53. The lowest BCUT2D eigenvalue weighted by atomic mass is 9.97. The molecule has 0 unspecified atom stereocenters. The number of carbonyl (C=O) groups excluding carboxylic acids is 1. The van der Waals surface area contributed by atoms with Crippen molar-refractivity contribution in [2.75, 3.05) is 0 Å². The van der Waals surface area contributed by atoms with Gasteiger partial charge in [0.25, 0.3) is 5.91 Å². The molecule has 3 rings (SSSR count). The van der Waals surface area contributed by atoms with Gasteiger partial charge in [0.2, 0.25) is 0 Å². The standard InChI is InChI=1S/C20H24N2O5/c23-15-16(24)18(19(26)21-11-13-7-3-1-4-8-13)27-20(17(15)25)22-12-14-9-5-2-6-10-14/h1-10,15-18,20,22-25H,11-12H2,(H,21,26)/t15-,16-,17+,18-,20+/m0/s1. The molecule has 1 saturated heterocycles. The number of hydrogen-bond acceptors (Lipinski definition) is 6. The number of aliphatic hydroxyl groups excluding tert-OH is 3. The quantitative estimate of drug-likeness (QED) is 0.484. The number of aliphatic hydroxyl groups is 3.